The highest BCUT2D eigenvalue weighted by Gasteiger charge is 2.70. The molecular formula is C27H30O7. The number of aliphatic hydroxyl groups excluding tert-OH is 1. The molecule has 0 bridgehead atoms. The number of hydrogen-bond acceptors (Lipinski definition) is 7. The molecule has 180 valence electrons. The lowest BCUT2D eigenvalue weighted by Crippen LogP contribution is -2.35. The minimum absolute atomic E-state index is 0.244. The molecule has 1 N–H and O–H groups in total. The summed E-state index contributed by atoms with van der Waals surface area (Å²) >= 11 is 0. The summed E-state index contributed by atoms with van der Waals surface area (Å²) in [5, 5.41) is 9.88. The Bertz CT molecular complexity index is 1150. The number of benzene rings is 2. The minimum atomic E-state index is -1.30. The van der Waals surface area contributed by atoms with Gasteiger partial charge in [0.05, 0.1) is 6.61 Å². The fourth-order valence-electron chi connectivity index (χ4n) is 5.24. The third kappa shape index (κ3) is 2.84. The number of Topliss-reactive ketones (excluding diaryl/α,β-unsaturated/α-hetero) is 2. The Morgan fingerprint density at radius 3 is 1.68 bits per heavy atom. The van der Waals surface area contributed by atoms with Crippen LogP contribution in [-0.4, -0.2) is 53.0 Å². The largest absolute Gasteiger partial charge is 0.457 e. The Hall–Kier alpha value is -2.58. The quantitative estimate of drug-likeness (QED) is 0.504. The van der Waals surface area contributed by atoms with Crippen LogP contribution in [0.2, 0.25) is 0 Å². The van der Waals surface area contributed by atoms with Crippen LogP contribution in [-0.2, 0) is 19.6 Å². The van der Waals surface area contributed by atoms with Crippen molar-refractivity contribution in [2.24, 2.45) is 0 Å². The van der Waals surface area contributed by atoms with Gasteiger partial charge in [-0.25, -0.2) is 0 Å². The zero-order valence-electron chi connectivity index (χ0n) is 20.6. The van der Waals surface area contributed by atoms with Gasteiger partial charge >= 0.3 is 0 Å². The lowest BCUT2D eigenvalue weighted by molar-refractivity contribution is 0.00128. The average Bonchev–Trinajstić information content (AvgIpc) is 3.59. The van der Waals surface area contributed by atoms with Gasteiger partial charge in [0.15, 0.2) is 11.4 Å². The van der Waals surface area contributed by atoms with Crippen molar-refractivity contribution in [3.05, 3.63) is 58.7 Å². The van der Waals surface area contributed by atoms with E-state index in [-0.39, 0.29) is 18.2 Å². The van der Waals surface area contributed by atoms with E-state index >= 15 is 0 Å². The molecule has 2 aromatic carbocycles. The molecule has 2 unspecified atom stereocenters. The van der Waals surface area contributed by atoms with Crippen LogP contribution in [0, 0.1) is 0 Å². The maximum absolute atomic E-state index is 13.3. The molecule has 3 aliphatic heterocycles. The number of ketones is 2. The number of fused-ring (bicyclic) bond motifs is 2. The van der Waals surface area contributed by atoms with E-state index in [2.05, 4.69) is 0 Å². The predicted molar refractivity (Wildman–Crippen MR) is 124 cm³/mol. The van der Waals surface area contributed by atoms with Gasteiger partial charge in [-0.2, -0.15) is 0 Å². The van der Waals surface area contributed by atoms with Crippen molar-refractivity contribution in [1.29, 1.82) is 0 Å². The third-order valence-corrected chi connectivity index (χ3v) is 7.74. The molecule has 5 rings (SSSR count). The van der Waals surface area contributed by atoms with Crippen LogP contribution < -0.4 is 4.74 Å². The van der Waals surface area contributed by atoms with Crippen molar-refractivity contribution in [1.82, 2.24) is 0 Å². The van der Waals surface area contributed by atoms with E-state index < -0.39 is 28.0 Å². The van der Waals surface area contributed by atoms with E-state index in [1.807, 2.05) is 33.8 Å². The van der Waals surface area contributed by atoms with E-state index in [1.165, 1.54) is 7.11 Å². The van der Waals surface area contributed by atoms with E-state index in [0.717, 1.165) is 11.1 Å². The van der Waals surface area contributed by atoms with Crippen LogP contribution >= 0.6 is 0 Å². The lowest BCUT2D eigenvalue weighted by Gasteiger charge is -2.35. The van der Waals surface area contributed by atoms with Crippen molar-refractivity contribution >= 4 is 11.6 Å². The summed E-state index contributed by atoms with van der Waals surface area (Å²) in [6, 6.07) is 10.6. The number of hydrogen-bond donors (Lipinski definition) is 1. The van der Waals surface area contributed by atoms with Gasteiger partial charge in [0.1, 0.15) is 22.7 Å². The van der Waals surface area contributed by atoms with Crippen molar-refractivity contribution < 1.29 is 33.6 Å². The van der Waals surface area contributed by atoms with Gasteiger partial charge in [-0.1, -0.05) is 13.8 Å². The summed E-state index contributed by atoms with van der Waals surface area (Å²) in [4.78, 5) is 26.6. The number of ether oxygens (including phenoxy) is 4. The number of carbonyl (C=O) groups is 2. The Labute approximate surface area is 199 Å². The summed E-state index contributed by atoms with van der Waals surface area (Å²) in [6.45, 7) is 10.9. The van der Waals surface area contributed by atoms with Gasteiger partial charge in [-0.3, -0.25) is 9.59 Å². The van der Waals surface area contributed by atoms with Crippen LogP contribution in [0.3, 0.4) is 0 Å². The molecular weight excluding hydrogens is 436 g/mol. The van der Waals surface area contributed by atoms with Crippen molar-refractivity contribution in [2.75, 3.05) is 13.7 Å². The summed E-state index contributed by atoms with van der Waals surface area (Å²) in [6.07, 6.45) is 0. The van der Waals surface area contributed by atoms with Crippen molar-refractivity contribution in [3.63, 3.8) is 0 Å². The predicted octanol–water partition coefficient (Wildman–Crippen LogP) is 4.18. The average molecular weight is 467 g/mol. The summed E-state index contributed by atoms with van der Waals surface area (Å²) in [5.41, 5.74) is -0.691. The topological polar surface area (TPSA) is 97.9 Å². The second-order valence-corrected chi connectivity index (χ2v) is 10.8. The summed E-state index contributed by atoms with van der Waals surface area (Å²) in [7, 11) is 1.47. The second kappa shape index (κ2) is 6.76. The number of methoxy groups -OCH3 is 1. The first-order valence-corrected chi connectivity index (χ1v) is 11.4. The number of rotatable bonds is 6. The Kier molecular flexibility index (Phi) is 4.61. The molecule has 34 heavy (non-hydrogen) atoms. The molecule has 0 saturated carbocycles. The molecule has 7 heteroatoms. The maximum Gasteiger partial charge on any atom is 0.263 e. The second-order valence-electron chi connectivity index (χ2n) is 10.8. The van der Waals surface area contributed by atoms with E-state index in [1.54, 1.807) is 44.2 Å². The van der Waals surface area contributed by atoms with Crippen LogP contribution in [0.1, 0.15) is 73.4 Å². The molecule has 0 amide bonds. The molecule has 3 heterocycles. The lowest BCUT2D eigenvalue weighted by atomic mass is 9.74. The molecule has 0 radical (unpaired) electrons. The molecule has 3 aliphatic rings. The van der Waals surface area contributed by atoms with Gasteiger partial charge in [0, 0.05) is 34.8 Å². The molecule has 0 spiro atoms. The molecule has 2 aromatic rings. The van der Waals surface area contributed by atoms with Crippen molar-refractivity contribution in [3.8, 4) is 11.5 Å². The van der Waals surface area contributed by atoms with Crippen LogP contribution in [0.25, 0.3) is 0 Å². The maximum atomic E-state index is 13.3. The fraction of sp³-hybridized carbons (Fsp3) is 0.481. The highest BCUT2D eigenvalue weighted by Crippen LogP contribution is 2.53. The number of epoxide rings is 2. The van der Waals surface area contributed by atoms with Crippen molar-refractivity contribution in [2.45, 2.75) is 69.5 Å². The molecule has 2 atom stereocenters. The Balaban J connectivity index is 1.53. The normalized spacial score (nSPS) is 28.8. The number of aliphatic hydroxyl groups is 1. The zero-order valence-corrected chi connectivity index (χ0v) is 20.6. The minimum Gasteiger partial charge on any atom is -0.457 e. The highest BCUT2D eigenvalue weighted by molar-refractivity contribution is 6.06. The monoisotopic (exact) mass is 466 g/mol. The van der Waals surface area contributed by atoms with Crippen LogP contribution in [0.15, 0.2) is 36.4 Å². The molecule has 7 nitrogen and oxygen atoms in total. The summed E-state index contributed by atoms with van der Waals surface area (Å²) in [5.74, 6) is -0.514. The molecule has 0 aliphatic carbocycles. The Morgan fingerprint density at radius 2 is 1.29 bits per heavy atom. The van der Waals surface area contributed by atoms with E-state index in [0.29, 0.717) is 22.6 Å². The Morgan fingerprint density at radius 1 is 0.824 bits per heavy atom. The first-order valence-electron chi connectivity index (χ1n) is 11.4. The molecule has 2 saturated heterocycles. The summed E-state index contributed by atoms with van der Waals surface area (Å²) < 4.78 is 22.9. The van der Waals surface area contributed by atoms with Gasteiger partial charge in [-0.15, -0.1) is 0 Å². The van der Waals surface area contributed by atoms with Crippen LogP contribution in [0.5, 0.6) is 11.5 Å². The van der Waals surface area contributed by atoms with E-state index in [9.17, 15) is 14.7 Å². The van der Waals surface area contributed by atoms with Crippen LogP contribution in [0.4, 0.5) is 0 Å². The van der Waals surface area contributed by atoms with Gasteiger partial charge in [-0.05, 0) is 64.1 Å². The first-order chi connectivity index (χ1) is 15.8. The smallest absolute Gasteiger partial charge is 0.263 e. The van der Waals surface area contributed by atoms with Gasteiger partial charge in [0.2, 0.25) is 5.78 Å². The zero-order chi connectivity index (χ0) is 24.9. The highest BCUT2D eigenvalue weighted by atomic mass is 16.8. The van der Waals surface area contributed by atoms with Gasteiger partial charge < -0.3 is 24.1 Å². The third-order valence-electron chi connectivity index (χ3n) is 7.74. The SMILES string of the molecule is COC1(C(=O)c2ccc3c(c2)C(C)(C)c2cc(C(=O)C4(CO)OC4(C)C)ccc2O3)OC1(C)C. The standard InChI is InChI=1S/C27H30O7/c1-23(2)17-12-15(21(29)26(14-28)24(3,4)33-26)8-10-19(17)32-20-11-9-16(13-18(20)23)22(30)27(31-7)25(5,6)34-27/h8-13,28H,14H2,1-7H3. The first kappa shape index (κ1) is 23.2. The fourth-order valence-corrected chi connectivity index (χ4v) is 5.24. The molecule has 2 fully saturated rings. The van der Waals surface area contributed by atoms with Gasteiger partial charge in [0.25, 0.3) is 5.79 Å². The molecule has 0 aromatic heterocycles. The van der Waals surface area contributed by atoms with E-state index in [4.69, 9.17) is 18.9 Å². The number of carbonyl (C=O) groups excluding carboxylic acids is 2.